The number of aryl methyl sites for hydroxylation is 1. The van der Waals surface area contributed by atoms with Crippen molar-refractivity contribution in [3.05, 3.63) is 29.3 Å². The van der Waals surface area contributed by atoms with E-state index in [0.717, 1.165) is 12.8 Å². The Balaban J connectivity index is 2.32. The number of sulfonamides is 1. The third kappa shape index (κ3) is 3.26. The van der Waals surface area contributed by atoms with Crippen LogP contribution in [0.4, 0.5) is 0 Å². The van der Waals surface area contributed by atoms with Gasteiger partial charge in [0.2, 0.25) is 10.0 Å². The fraction of sp³-hybridized carbons (Fsp3) is 0.533. The van der Waals surface area contributed by atoms with E-state index in [-0.39, 0.29) is 10.8 Å². The molecule has 1 aromatic rings. The highest BCUT2D eigenvalue weighted by Gasteiger charge is 2.32. The van der Waals surface area contributed by atoms with Crippen molar-refractivity contribution in [1.82, 2.24) is 4.31 Å². The van der Waals surface area contributed by atoms with E-state index in [2.05, 4.69) is 0 Å². The molecule has 0 amide bonds. The molecule has 6 heteroatoms. The lowest BCUT2D eigenvalue weighted by Crippen LogP contribution is -2.43. The third-order valence-electron chi connectivity index (χ3n) is 4.02. The third-order valence-corrected chi connectivity index (χ3v) is 6.05. The molecule has 2 atom stereocenters. The Labute approximate surface area is 125 Å². The van der Waals surface area contributed by atoms with Crippen LogP contribution in [0.25, 0.3) is 0 Å². The molecule has 1 aliphatic heterocycles. The van der Waals surface area contributed by atoms with Crippen molar-refractivity contribution in [2.75, 3.05) is 13.1 Å². The lowest BCUT2D eigenvalue weighted by Gasteiger charge is -2.33. The normalized spacial score (nSPS) is 21.7. The molecule has 2 rings (SSSR count). The number of rotatable bonds is 3. The standard InChI is InChI=1S/C15H20N2O3S/c1-11-8-13(9-16)5-6-15(11)21(19,20)17-7-3-4-14(10-17)12(2)18/h5-6,8,12,14,18H,3-4,7,10H2,1-2H3. The predicted octanol–water partition coefficient (Wildman–Crippen LogP) is 1.65. The molecule has 1 heterocycles. The molecular formula is C15H20N2O3S. The molecule has 0 radical (unpaired) electrons. The zero-order valence-electron chi connectivity index (χ0n) is 12.3. The van der Waals surface area contributed by atoms with Crippen LogP contribution in [-0.2, 0) is 10.0 Å². The molecule has 21 heavy (non-hydrogen) atoms. The maximum Gasteiger partial charge on any atom is 0.243 e. The minimum absolute atomic E-state index is 0.0211. The number of nitriles is 1. The highest BCUT2D eigenvalue weighted by molar-refractivity contribution is 7.89. The van der Waals surface area contributed by atoms with Crippen molar-refractivity contribution >= 4 is 10.0 Å². The quantitative estimate of drug-likeness (QED) is 0.920. The van der Waals surface area contributed by atoms with Crippen LogP contribution < -0.4 is 0 Å². The first-order chi connectivity index (χ1) is 9.86. The summed E-state index contributed by atoms with van der Waals surface area (Å²) in [6, 6.07) is 6.61. The average Bonchev–Trinajstić information content (AvgIpc) is 2.46. The molecule has 1 aromatic carbocycles. The van der Waals surface area contributed by atoms with Gasteiger partial charge < -0.3 is 5.11 Å². The molecule has 1 N–H and O–H groups in total. The minimum atomic E-state index is -3.57. The Morgan fingerprint density at radius 2 is 2.19 bits per heavy atom. The van der Waals surface area contributed by atoms with Gasteiger partial charge in [0.05, 0.1) is 22.6 Å². The van der Waals surface area contributed by atoms with E-state index in [4.69, 9.17) is 5.26 Å². The molecule has 2 unspecified atom stereocenters. The van der Waals surface area contributed by atoms with Gasteiger partial charge in [-0.2, -0.15) is 9.57 Å². The second-order valence-corrected chi connectivity index (χ2v) is 7.50. The van der Waals surface area contributed by atoms with Crippen molar-refractivity contribution in [3.63, 3.8) is 0 Å². The van der Waals surface area contributed by atoms with Gasteiger partial charge in [-0.25, -0.2) is 8.42 Å². The Morgan fingerprint density at radius 3 is 2.76 bits per heavy atom. The van der Waals surface area contributed by atoms with Crippen LogP contribution in [0.2, 0.25) is 0 Å². The summed E-state index contributed by atoms with van der Waals surface area (Å²) in [6.07, 6.45) is 1.09. The molecule has 0 aromatic heterocycles. The highest BCUT2D eigenvalue weighted by atomic mass is 32.2. The van der Waals surface area contributed by atoms with Gasteiger partial charge in [-0.3, -0.25) is 0 Å². The topological polar surface area (TPSA) is 81.4 Å². The second-order valence-electron chi connectivity index (χ2n) is 5.60. The molecule has 0 saturated carbocycles. The van der Waals surface area contributed by atoms with Gasteiger partial charge in [-0.1, -0.05) is 0 Å². The summed E-state index contributed by atoms with van der Waals surface area (Å²) in [5.41, 5.74) is 1.03. The highest BCUT2D eigenvalue weighted by Crippen LogP contribution is 2.27. The van der Waals surface area contributed by atoms with E-state index in [1.54, 1.807) is 19.9 Å². The number of benzene rings is 1. The number of piperidine rings is 1. The summed E-state index contributed by atoms with van der Waals surface area (Å²) in [5.74, 6) is -0.0211. The molecule has 0 bridgehead atoms. The van der Waals surface area contributed by atoms with E-state index < -0.39 is 16.1 Å². The van der Waals surface area contributed by atoms with Gasteiger partial charge in [0.1, 0.15) is 0 Å². The van der Waals surface area contributed by atoms with Crippen molar-refractivity contribution in [1.29, 1.82) is 5.26 Å². The van der Waals surface area contributed by atoms with Crippen LogP contribution in [0.15, 0.2) is 23.1 Å². The number of aliphatic hydroxyl groups excluding tert-OH is 1. The molecule has 0 spiro atoms. The van der Waals surface area contributed by atoms with Gasteiger partial charge in [0, 0.05) is 13.1 Å². The van der Waals surface area contributed by atoms with Gasteiger partial charge >= 0.3 is 0 Å². The number of aliphatic hydroxyl groups is 1. The van der Waals surface area contributed by atoms with E-state index in [0.29, 0.717) is 24.2 Å². The number of hydrogen-bond acceptors (Lipinski definition) is 4. The minimum Gasteiger partial charge on any atom is -0.393 e. The summed E-state index contributed by atoms with van der Waals surface area (Å²) in [7, 11) is -3.57. The summed E-state index contributed by atoms with van der Waals surface area (Å²) in [4.78, 5) is 0.243. The van der Waals surface area contributed by atoms with Crippen LogP contribution in [0, 0.1) is 24.2 Å². The van der Waals surface area contributed by atoms with E-state index >= 15 is 0 Å². The number of hydrogen-bond donors (Lipinski definition) is 1. The first kappa shape index (κ1) is 16.0. The van der Waals surface area contributed by atoms with Crippen molar-refractivity contribution in [2.45, 2.75) is 37.7 Å². The number of nitrogens with zero attached hydrogens (tertiary/aromatic N) is 2. The van der Waals surface area contributed by atoms with Gasteiger partial charge in [-0.05, 0) is 56.4 Å². The Morgan fingerprint density at radius 1 is 1.48 bits per heavy atom. The zero-order chi connectivity index (χ0) is 15.6. The summed E-state index contributed by atoms with van der Waals surface area (Å²) < 4.78 is 26.9. The van der Waals surface area contributed by atoms with Crippen LogP contribution in [0.1, 0.15) is 30.9 Å². The Hall–Kier alpha value is -1.42. The first-order valence-electron chi connectivity index (χ1n) is 7.05. The molecule has 114 valence electrons. The van der Waals surface area contributed by atoms with Crippen LogP contribution in [-0.4, -0.2) is 37.0 Å². The first-order valence-corrected chi connectivity index (χ1v) is 8.49. The lowest BCUT2D eigenvalue weighted by molar-refractivity contribution is 0.0885. The fourth-order valence-electron chi connectivity index (χ4n) is 2.73. The molecule has 1 saturated heterocycles. The largest absolute Gasteiger partial charge is 0.393 e. The monoisotopic (exact) mass is 308 g/mol. The average molecular weight is 308 g/mol. The van der Waals surface area contributed by atoms with Crippen LogP contribution in [0.5, 0.6) is 0 Å². The van der Waals surface area contributed by atoms with Gasteiger partial charge in [0.25, 0.3) is 0 Å². The lowest BCUT2D eigenvalue weighted by atomic mass is 9.95. The Bertz CT molecular complexity index is 662. The molecule has 1 aliphatic rings. The van der Waals surface area contributed by atoms with Gasteiger partial charge in [0.15, 0.2) is 0 Å². The van der Waals surface area contributed by atoms with Crippen molar-refractivity contribution in [3.8, 4) is 6.07 Å². The van der Waals surface area contributed by atoms with Gasteiger partial charge in [-0.15, -0.1) is 0 Å². The van der Waals surface area contributed by atoms with E-state index in [1.165, 1.54) is 16.4 Å². The second kappa shape index (κ2) is 6.14. The van der Waals surface area contributed by atoms with Crippen LogP contribution in [0.3, 0.4) is 0 Å². The van der Waals surface area contributed by atoms with Crippen molar-refractivity contribution < 1.29 is 13.5 Å². The summed E-state index contributed by atoms with van der Waals surface area (Å²) in [5, 5.41) is 18.6. The van der Waals surface area contributed by atoms with E-state index in [9.17, 15) is 13.5 Å². The molecular weight excluding hydrogens is 288 g/mol. The zero-order valence-corrected chi connectivity index (χ0v) is 13.1. The SMILES string of the molecule is Cc1cc(C#N)ccc1S(=O)(=O)N1CCCC(C(C)O)C1. The molecule has 5 nitrogen and oxygen atoms in total. The predicted molar refractivity (Wildman–Crippen MR) is 79.1 cm³/mol. The molecule has 0 aliphatic carbocycles. The maximum absolute atomic E-state index is 12.7. The summed E-state index contributed by atoms with van der Waals surface area (Å²) >= 11 is 0. The molecule has 1 fully saturated rings. The maximum atomic E-state index is 12.7. The smallest absolute Gasteiger partial charge is 0.243 e. The summed E-state index contributed by atoms with van der Waals surface area (Å²) in [6.45, 7) is 4.22. The Kier molecular flexibility index (Phi) is 4.67. The van der Waals surface area contributed by atoms with Crippen molar-refractivity contribution in [2.24, 2.45) is 5.92 Å². The van der Waals surface area contributed by atoms with E-state index in [1.807, 2.05) is 6.07 Å². The van der Waals surface area contributed by atoms with Crippen LogP contribution >= 0.6 is 0 Å². The fourth-order valence-corrected chi connectivity index (χ4v) is 4.47.